The van der Waals surface area contributed by atoms with E-state index < -0.39 is 23.6 Å². The minimum Gasteiger partial charge on any atom is -0.268 e. The fourth-order valence-corrected chi connectivity index (χ4v) is 3.27. The van der Waals surface area contributed by atoms with Crippen molar-refractivity contribution >= 4 is 11.9 Å². The van der Waals surface area contributed by atoms with Gasteiger partial charge in [-0.1, -0.05) is 19.1 Å². The standard InChI is InChI=1S/C16H17F4N3OS/c1-4-10-5-6-11(7-13(10)17)15(16(18,19)20)23(3)25-12-8-14(24)22(2)21-9-12/h5-9,15H,4H2,1-3H3. The fourth-order valence-electron chi connectivity index (χ4n) is 2.35. The highest BCUT2D eigenvalue weighted by atomic mass is 32.2. The minimum atomic E-state index is -4.62. The quantitative estimate of drug-likeness (QED) is 0.590. The molecule has 2 aromatic rings. The van der Waals surface area contributed by atoms with Crippen LogP contribution in [-0.2, 0) is 13.5 Å². The largest absolute Gasteiger partial charge is 0.408 e. The van der Waals surface area contributed by atoms with Crippen LogP contribution in [0.15, 0.2) is 40.2 Å². The summed E-state index contributed by atoms with van der Waals surface area (Å²) in [5.74, 6) is -0.664. The molecule has 9 heteroatoms. The van der Waals surface area contributed by atoms with Gasteiger partial charge in [-0.05, 0) is 42.6 Å². The Morgan fingerprint density at radius 3 is 2.52 bits per heavy atom. The summed E-state index contributed by atoms with van der Waals surface area (Å²) in [6.45, 7) is 1.73. The summed E-state index contributed by atoms with van der Waals surface area (Å²) in [6.07, 6.45) is -2.92. The predicted octanol–water partition coefficient (Wildman–Crippen LogP) is 3.72. The molecule has 0 radical (unpaired) electrons. The molecule has 25 heavy (non-hydrogen) atoms. The van der Waals surface area contributed by atoms with E-state index >= 15 is 0 Å². The van der Waals surface area contributed by atoms with Crippen molar-refractivity contribution in [1.29, 1.82) is 0 Å². The summed E-state index contributed by atoms with van der Waals surface area (Å²) in [5.41, 5.74) is -0.273. The van der Waals surface area contributed by atoms with Crippen LogP contribution in [0.4, 0.5) is 17.6 Å². The summed E-state index contributed by atoms with van der Waals surface area (Å²) in [5, 5.41) is 3.78. The zero-order valence-electron chi connectivity index (χ0n) is 13.8. The van der Waals surface area contributed by atoms with Gasteiger partial charge in [-0.2, -0.15) is 18.3 Å². The van der Waals surface area contributed by atoms with Gasteiger partial charge in [-0.15, -0.1) is 0 Å². The molecule has 0 N–H and O–H groups in total. The van der Waals surface area contributed by atoms with E-state index in [0.29, 0.717) is 12.0 Å². The summed E-state index contributed by atoms with van der Waals surface area (Å²) >= 11 is 0.727. The number of aryl methyl sites for hydroxylation is 2. The van der Waals surface area contributed by atoms with Gasteiger partial charge >= 0.3 is 6.18 Å². The molecule has 0 aliphatic carbocycles. The van der Waals surface area contributed by atoms with Crippen molar-refractivity contribution in [3.8, 4) is 0 Å². The lowest BCUT2D eigenvalue weighted by atomic mass is 10.0. The van der Waals surface area contributed by atoms with Crippen LogP contribution >= 0.6 is 11.9 Å². The number of benzene rings is 1. The van der Waals surface area contributed by atoms with E-state index in [9.17, 15) is 22.4 Å². The first-order valence-electron chi connectivity index (χ1n) is 7.42. The Hall–Kier alpha value is -1.87. The van der Waals surface area contributed by atoms with Crippen LogP contribution in [0, 0.1) is 5.82 Å². The SMILES string of the molecule is CCc1ccc(C(N(C)Sc2cnn(C)c(=O)c2)C(F)(F)F)cc1F. The molecular formula is C16H17F4N3OS. The third kappa shape index (κ3) is 4.60. The predicted molar refractivity (Wildman–Crippen MR) is 87.7 cm³/mol. The van der Waals surface area contributed by atoms with Crippen molar-refractivity contribution in [2.24, 2.45) is 7.05 Å². The van der Waals surface area contributed by atoms with Crippen LogP contribution in [-0.4, -0.2) is 27.3 Å². The Morgan fingerprint density at radius 1 is 1.32 bits per heavy atom. The summed E-state index contributed by atoms with van der Waals surface area (Å²) < 4.78 is 56.6. The second-order valence-electron chi connectivity index (χ2n) is 5.44. The van der Waals surface area contributed by atoms with Crippen LogP contribution in [0.1, 0.15) is 24.1 Å². The molecule has 0 aliphatic rings. The van der Waals surface area contributed by atoms with Gasteiger partial charge in [0.1, 0.15) is 11.9 Å². The monoisotopic (exact) mass is 375 g/mol. The molecule has 1 atom stereocenters. The van der Waals surface area contributed by atoms with E-state index in [1.165, 1.54) is 38.5 Å². The summed E-state index contributed by atoms with van der Waals surface area (Å²) in [6, 6.07) is 2.72. The van der Waals surface area contributed by atoms with E-state index in [-0.39, 0.29) is 10.5 Å². The lowest BCUT2D eigenvalue weighted by Crippen LogP contribution is -2.32. The first-order chi connectivity index (χ1) is 11.6. The molecule has 0 saturated heterocycles. The van der Waals surface area contributed by atoms with Gasteiger partial charge in [0.15, 0.2) is 0 Å². The second-order valence-corrected chi connectivity index (χ2v) is 6.67. The molecule has 4 nitrogen and oxygen atoms in total. The number of hydrogen-bond donors (Lipinski definition) is 0. The highest BCUT2D eigenvalue weighted by Crippen LogP contribution is 2.41. The van der Waals surface area contributed by atoms with Crippen LogP contribution in [0.5, 0.6) is 0 Å². The number of halogens is 4. The van der Waals surface area contributed by atoms with Gasteiger partial charge in [0.25, 0.3) is 5.56 Å². The van der Waals surface area contributed by atoms with E-state index in [1.807, 2.05) is 0 Å². The Labute approximate surface area is 146 Å². The molecule has 1 heterocycles. The Kier molecular flexibility index (Phi) is 5.89. The Balaban J connectivity index is 2.35. The average molecular weight is 375 g/mol. The third-order valence-electron chi connectivity index (χ3n) is 3.64. The van der Waals surface area contributed by atoms with Crippen LogP contribution in [0.3, 0.4) is 0 Å². The molecule has 0 aliphatic heterocycles. The molecule has 1 aromatic carbocycles. The van der Waals surface area contributed by atoms with Gasteiger partial charge in [0.05, 0.1) is 6.20 Å². The number of hydrogen-bond acceptors (Lipinski definition) is 4. The zero-order chi connectivity index (χ0) is 18.8. The second kappa shape index (κ2) is 7.57. The van der Waals surface area contributed by atoms with Crippen LogP contribution in [0.25, 0.3) is 0 Å². The maximum Gasteiger partial charge on any atom is 0.408 e. The molecule has 1 aromatic heterocycles. The zero-order valence-corrected chi connectivity index (χ0v) is 14.7. The molecule has 0 bridgehead atoms. The summed E-state index contributed by atoms with van der Waals surface area (Å²) in [7, 11) is 2.68. The molecular weight excluding hydrogens is 358 g/mol. The van der Waals surface area contributed by atoms with Crippen molar-refractivity contribution in [3.63, 3.8) is 0 Å². The molecule has 0 fully saturated rings. The minimum absolute atomic E-state index is 0.200. The van der Waals surface area contributed by atoms with Gasteiger partial charge in [0, 0.05) is 18.0 Å². The van der Waals surface area contributed by atoms with Gasteiger partial charge < -0.3 is 0 Å². The maximum atomic E-state index is 13.9. The molecule has 136 valence electrons. The van der Waals surface area contributed by atoms with Crippen molar-refractivity contribution in [1.82, 2.24) is 14.1 Å². The van der Waals surface area contributed by atoms with Gasteiger partial charge in [0.2, 0.25) is 0 Å². The topological polar surface area (TPSA) is 38.1 Å². The van der Waals surface area contributed by atoms with Crippen molar-refractivity contribution in [3.05, 3.63) is 57.8 Å². The lowest BCUT2D eigenvalue weighted by molar-refractivity contribution is -0.170. The van der Waals surface area contributed by atoms with E-state index in [4.69, 9.17) is 0 Å². The van der Waals surface area contributed by atoms with Crippen LogP contribution < -0.4 is 5.56 Å². The van der Waals surface area contributed by atoms with Crippen molar-refractivity contribution < 1.29 is 17.6 Å². The van der Waals surface area contributed by atoms with Crippen molar-refractivity contribution in [2.45, 2.75) is 30.5 Å². The first-order valence-corrected chi connectivity index (χ1v) is 8.20. The van der Waals surface area contributed by atoms with Gasteiger partial charge in [-0.3, -0.25) is 4.79 Å². The summed E-state index contributed by atoms with van der Waals surface area (Å²) in [4.78, 5) is 11.8. The first kappa shape index (κ1) is 19.5. The normalized spacial score (nSPS) is 13.3. The van der Waals surface area contributed by atoms with E-state index in [0.717, 1.165) is 27.0 Å². The smallest absolute Gasteiger partial charge is 0.268 e. The average Bonchev–Trinajstić information content (AvgIpc) is 2.50. The van der Waals surface area contributed by atoms with E-state index in [2.05, 4.69) is 5.10 Å². The van der Waals surface area contributed by atoms with Crippen molar-refractivity contribution in [2.75, 3.05) is 7.05 Å². The number of nitrogens with zero attached hydrogens (tertiary/aromatic N) is 3. The highest BCUT2D eigenvalue weighted by Gasteiger charge is 2.44. The fraction of sp³-hybridized carbons (Fsp3) is 0.375. The molecule has 2 rings (SSSR count). The highest BCUT2D eigenvalue weighted by molar-refractivity contribution is 7.97. The number of alkyl halides is 3. The maximum absolute atomic E-state index is 13.9. The third-order valence-corrected chi connectivity index (χ3v) is 4.57. The van der Waals surface area contributed by atoms with Crippen LogP contribution in [0.2, 0.25) is 0 Å². The molecule has 0 spiro atoms. The van der Waals surface area contributed by atoms with Gasteiger partial charge in [-0.25, -0.2) is 13.4 Å². The Morgan fingerprint density at radius 2 is 2.00 bits per heavy atom. The Bertz CT molecular complexity index is 807. The molecule has 1 unspecified atom stereocenters. The molecule has 0 amide bonds. The number of rotatable bonds is 5. The number of aromatic nitrogens is 2. The molecule has 0 saturated carbocycles. The lowest BCUT2D eigenvalue weighted by Gasteiger charge is -2.29. The van der Waals surface area contributed by atoms with E-state index in [1.54, 1.807) is 6.92 Å².